The van der Waals surface area contributed by atoms with Gasteiger partial charge in [0.2, 0.25) is 0 Å². The third-order valence-corrected chi connectivity index (χ3v) is 12.5. The molecule has 1 aliphatic rings. The first-order chi connectivity index (χ1) is 30.0. The monoisotopic (exact) mass is 903 g/mol. The van der Waals surface area contributed by atoms with Crippen LogP contribution in [0.4, 0.5) is 0 Å². The van der Waals surface area contributed by atoms with Crippen LogP contribution in [0.5, 0.6) is 0 Å². The quantitative estimate of drug-likeness (QED) is 0.0147. The van der Waals surface area contributed by atoms with Gasteiger partial charge in [-0.3, -0.25) is 13.8 Å². The zero-order chi connectivity index (χ0) is 45.5. The highest BCUT2D eigenvalue weighted by molar-refractivity contribution is 7.47. The van der Waals surface area contributed by atoms with Crippen LogP contribution >= 0.6 is 7.82 Å². The van der Waals surface area contributed by atoms with E-state index in [4.69, 9.17) is 18.5 Å². The molecule has 0 heterocycles. The van der Waals surface area contributed by atoms with E-state index in [2.05, 4.69) is 50.3 Å². The number of phosphoric ester groups is 1. The minimum absolute atomic E-state index is 0.0795. The lowest BCUT2D eigenvalue weighted by molar-refractivity contribution is -0.220. The molecule has 1 aliphatic carbocycles. The number of rotatable bonds is 42. The molecule has 0 amide bonds. The van der Waals surface area contributed by atoms with Crippen molar-refractivity contribution in [3.63, 3.8) is 0 Å². The van der Waals surface area contributed by atoms with Crippen LogP contribution in [0.25, 0.3) is 0 Å². The van der Waals surface area contributed by atoms with Crippen molar-refractivity contribution in [2.45, 2.75) is 249 Å². The van der Waals surface area contributed by atoms with Crippen LogP contribution in [0.2, 0.25) is 0 Å². The number of ether oxygens (including phenoxy) is 2. The summed E-state index contributed by atoms with van der Waals surface area (Å²) in [6, 6.07) is 0. The minimum Gasteiger partial charge on any atom is -0.457 e. The molecule has 0 aromatic heterocycles. The molecule has 0 radical (unpaired) electrons. The van der Waals surface area contributed by atoms with E-state index in [-0.39, 0.29) is 13.0 Å². The first kappa shape index (κ1) is 58.6. The normalized spacial score (nSPS) is 22.3. The molecular weight excluding hydrogens is 812 g/mol. The number of allylic oxidation sites excluding steroid dienone is 6. The minimum atomic E-state index is -5.02. The van der Waals surface area contributed by atoms with Gasteiger partial charge in [-0.15, -0.1) is 0 Å². The molecule has 364 valence electrons. The van der Waals surface area contributed by atoms with Crippen LogP contribution in [-0.4, -0.2) is 98.9 Å². The van der Waals surface area contributed by atoms with Gasteiger partial charge in [0.25, 0.3) is 0 Å². The van der Waals surface area contributed by atoms with Gasteiger partial charge in [-0.2, -0.15) is 0 Å². The van der Waals surface area contributed by atoms with Gasteiger partial charge in [-0.05, 0) is 51.4 Å². The maximum Gasteiger partial charge on any atom is 0.472 e. The van der Waals surface area contributed by atoms with Crippen LogP contribution in [0.15, 0.2) is 36.5 Å². The maximum atomic E-state index is 12.8. The molecule has 13 heteroatoms. The Bertz CT molecular complexity index is 1170. The van der Waals surface area contributed by atoms with Gasteiger partial charge in [0.05, 0.1) is 13.2 Å². The second-order valence-corrected chi connectivity index (χ2v) is 18.7. The van der Waals surface area contributed by atoms with Crippen LogP contribution < -0.4 is 0 Å². The van der Waals surface area contributed by atoms with Crippen molar-refractivity contribution in [1.82, 2.24) is 0 Å². The van der Waals surface area contributed by atoms with E-state index >= 15 is 0 Å². The van der Waals surface area contributed by atoms with E-state index in [1.165, 1.54) is 109 Å². The highest BCUT2D eigenvalue weighted by Gasteiger charge is 2.51. The largest absolute Gasteiger partial charge is 0.472 e. The molecule has 6 N–H and O–H groups in total. The van der Waals surface area contributed by atoms with Crippen LogP contribution in [-0.2, 0) is 27.9 Å². The Labute approximate surface area is 376 Å². The Balaban J connectivity index is 2.36. The van der Waals surface area contributed by atoms with Crippen molar-refractivity contribution in [1.29, 1.82) is 0 Å². The Morgan fingerprint density at radius 2 is 0.903 bits per heavy atom. The first-order valence-electron chi connectivity index (χ1n) is 24.8. The topological polar surface area (TPSA) is 192 Å². The van der Waals surface area contributed by atoms with Crippen LogP contribution in [0, 0.1) is 0 Å². The van der Waals surface area contributed by atoms with E-state index in [9.17, 15) is 39.8 Å². The molecular formula is C49H91O12P. The number of aliphatic hydroxyl groups excluding tert-OH is 5. The lowest BCUT2D eigenvalue weighted by atomic mass is 9.85. The number of aliphatic hydroxyl groups is 5. The fourth-order valence-corrected chi connectivity index (χ4v) is 8.51. The molecule has 1 rings (SSSR count). The molecule has 1 saturated carbocycles. The summed E-state index contributed by atoms with van der Waals surface area (Å²) in [6.07, 6.45) is 34.9. The summed E-state index contributed by atoms with van der Waals surface area (Å²) in [7, 11) is -5.02. The van der Waals surface area contributed by atoms with Crippen molar-refractivity contribution in [3.8, 4) is 0 Å². The summed E-state index contributed by atoms with van der Waals surface area (Å²) in [5, 5.41) is 50.2. The zero-order valence-electron chi connectivity index (χ0n) is 38.9. The molecule has 0 aromatic rings. The zero-order valence-corrected chi connectivity index (χ0v) is 39.8. The second-order valence-electron chi connectivity index (χ2n) is 17.3. The third-order valence-electron chi connectivity index (χ3n) is 11.5. The standard InChI is InChI=1S/C49H91O12P/c1-3-5-7-9-11-13-15-17-19-20-21-22-23-24-25-26-28-30-32-34-36-38-43(50)60-42(40-58-39-37-35-33-31-29-27-18-16-14-12-10-8-6-4-2)41-59-62(56,57)61-49-47(54)45(52)44(51)46(53)48(49)55/h15,17,20-21,23-24,42,44-49,51-55H,3-14,16,18-19,22,25-41H2,1-2H3,(H,56,57)/b17-15-,21-20-,24-23-. The van der Waals surface area contributed by atoms with E-state index in [0.29, 0.717) is 13.0 Å². The molecule has 0 aliphatic heterocycles. The van der Waals surface area contributed by atoms with Crippen molar-refractivity contribution in [3.05, 3.63) is 36.5 Å². The smallest absolute Gasteiger partial charge is 0.457 e. The Morgan fingerprint density at radius 3 is 1.37 bits per heavy atom. The molecule has 6 atom stereocenters. The van der Waals surface area contributed by atoms with Gasteiger partial charge >= 0.3 is 13.8 Å². The Morgan fingerprint density at radius 1 is 0.516 bits per heavy atom. The average molecular weight is 903 g/mol. The number of carbonyl (C=O) groups excluding carboxylic acids is 1. The van der Waals surface area contributed by atoms with Crippen molar-refractivity contribution in [2.75, 3.05) is 19.8 Å². The first-order valence-corrected chi connectivity index (χ1v) is 26.3. The maximum absolute atomic E-state index is 12.8. The molecule has 12 nitrogen and oxygen atoms in total. The van der Waals surface area contributed by atoms with E-state index in [1.54, 1.807) is 0 Å². The predicted molar refractivity (Wildman–Crippen MR) is 249 cm³/mol. The summed E-state index contributed by atoms with van der Waals surface area (Å²) in [5.41, 5.74) is 0. The lowest BCUT2D eigenvalue weighted by Gasteiger charge is -2.41. The Kier molecular flexibility index (Phi) is 37.7. The molecule has 1 fully saturated rings. The van der Waals surface area contributed by atoms with Crippen molar-refractivity contribution < 1.29 is 58.3 Å². The molecule has 62 heavy (non-hydrogen) atoms. The summed E-state index contributed by atoms with van der Waals surface area (Å²) in [5.74, 6) is -0.487. The number of carbonyl (C=O) groups is 1. The van der Waals surface area contributed by atoms with Gasteiger partial charge in [-0.25, -0.2) is 4.57 Å². The number of esters is 1. The fourth-order valence-electron chi connectivity index (χ4n) is 7.54. The Hall–Kier alpha value is -1.44. The second kappa shape index (κ2) is 39.9. The molecule has 0 aromatic carbocycles. The fraction of sp³-hybridized carbons (Fsp3) is 0.857. The summed E-state index contributed by atoms with van der Waals surface area (Å²) < 4.78 is 34.2. The number of unbranched alkanes of at least 4 members (excludes halogenated alkanes) is 24. The van der Waals surface area contributed by atoms with Crippen molar-refractivity contribution in [2.24, 2.45) is 0 Å². The third kappa shape index (κ3) is 31.4. The van der Waals surface area contributed by atoms with Gasteiger partial charge in [-0.1, -0.05) is 185 Å². The van der Waals surface area contributed by atoms with Crippen LogP contribution in [0.3, 0.4) is 0 Å². The molecule has 0 saturated heterocycles. The predicted octanol–water partition coefficient (Wildman–Crippen LogP) is 10.6. The molecule has 6 unspecified atom stereocenters. The van der Waals surface area contributed by atoms with Gasteiger partial charge in [0.15, 0.2) is 0 Å². The lowest BCUT2D eigenvalue weighted by Crippen LogP contribution is -2.64. The highest BCUT2D eigenvalue weighted by atomic mass is 31.2. The highest BCUT2D eigenvalue weighted by Crippen LogP contribution is 2.47. The number of phosphoric acid groups is 1. The number of hydrogen-bond acceptors (Lipinski definition) is 11. The molecule has 0 spiro atoms. The van der Waals surface area contributed by atoms with E-state index in [0.717, 1.165) is 70.6 Å². The van der Waals surface area contributed by atoms with E-state index < -0.39 is 63.1 Å². The average Bonchev–Trinajstić information content (AvgIpc) is 3.26. The summed E-state index contributed by atoms with van der Waals surface area (Å²) in [6.45, 7) is 4.25. The summed E-state index contributed by atoms with van der Waals surface area (Å²) >= 11 is 0. The van der Waals surface area contributed by atoms with Crippen LogP contribution in [0.1, 0.15) is 206 Å². The van der Waals surface area contributed by atoms with Crippen molar-refractivity contribution >= 4 is 13.8 Å². The van der Waals surface area contributed by atoms with Gasteiger partial charge in [0.1, 0.15) is 42.7 Å². The summed E-state index contributed by atoms with van der Waals surface area (Å²) in [4.78, 5) is 23.2. The van der Waals surface area contributed by atoms with E-state index in [1.807, 2.05) is 0 Å². The van der Waals surface area contributed by atoms with Gasteiger partial charge < -0.3 is 39.9 Å². The molecule has 0 bridgehead atoms. The number of hydrogen-bond donors (Lipinski definition) is 6. The SMILES string of the molecule is CCCCCCC/C=C\C/C=C\C/C=C\CCCCCCCCC(=O)OC(COCCCCCCCCCCCCCCCC)COP(=O)(O)OC1C(O)C(O)C(O)C(O)C1O. The van der Waals surface area contributed by atoms with Gasteiger partial charge in [0, 0.05) is 13.0 Å².